The third-order valence-electron chi connectivity index (χ3n) is 8.92. The van der Waals surface area contributed by atoms with E-state index in [0.717, 1.165) is 12.8 Å². The maximum Gasteiger partial charge on any atom is 0.313 e. The van der Waals surface area contributed by atoms with Crippen LogP contribution in [0.1, 0.15) is 57.6 Å². The molecule has 2 fully saturated rings. The van der Waals surface area contributed by atoms with Gasteiger partial charge < -0.3 is 29.7 Å². The Morgan fingerprint density at radius 2 is 1.88 bits per heavy atom. The predicted octanol–water partition coefficient (Wildman–Crippen LogP) is 2.29. The van der Waals surface area contributed by atoms with Crippen molar-refractivity contribution in [2.45, 2.75) is 75.8 Å². The topological polar surface area (TPSA) is 125 Å². The number of hydrogen-bond donors (Lipinski definition) is 2. The van der Waals surface area contributed by atoms with Crippen LogP contribution >= 0.6 is 0 Å². The van der Waals surface area contributed by atoms with Gasteiger partial charge in [0.15, 0.2) is 0 Å². The largest absolute Gasteiger partial charge is 0.455 e. The maximum absolute atomic E-state index is 14.4. The standard InChI is InChI=1S/C32H41N3O7/c1-3-5-17-34-18-11-16-32-27(29(38)35(22(4-2)20-36)28(32)30(34)39)26-23(42-32)14-9-10-15-25(37)33-19-24(41-31(26)40)21-12-7-6-8-13-21/h6-9,11-14,16,22-24,26-28,36H,3-5,10,15,17-20H2,1-2H3,(H,33,37)/b14-9-/t22-,23-,24+,26+,27+,28-,32+/m0/s1. The molecule has 2 N–H and O–H groups in total. The normalized spacial score (nSPS) is 33.0. The molecule has 4 aliphatic rings. The van der Waals surface area contributed by atoms with Gasteiger partial charge in [0.05, 0.1) is 31.2 Å². The zero-order valence-electron chi connectivity index (χ0n) is 24.3. The van der Waals surface area contributed by atoms with E-state index in [1.165, 1.54) is 4.90 Å². The second-order valence-corrected chi connectivity index (χ2v) is 11.5. The minimum absolute atomic E-state index is 0.0856. The fourth-order valence-corrected chi connectivity index (χ4v) is 6.75. The Bertz CT molecular complexity index is 1230. The molecule has 5 rings (SSSR count). The number of likely N-dealkylation sites (tertiary alicyclic amines) is 1. The van der Waals surface area contributed by atoms with Crippen molar-refractivity contribution in [3.63, 3.8) is 0 Å². The monoisotopic (exact) mass is 579 g/mol. The Hall–Kier alpha value is -3.50. The van der Waals surface area contributed by atoms with Gasteiger partial charge in [-0.1, -0.05) is 74.9 Å². The number of aliphatic hydroxyl groups is 1. The molecule has 4 aliphatic heterocycles. The van der Waals surface area contributed by atoms with Gasteiger partial charge in [-0.05, 0) is 24.8 Å². The Morgan fingerprint density at radius 1 is 1.10 bits per heavy atom. The SMILES string of the molecule is CCCCN1CC=C[C@@]23O[C@H]4/C=C\CCC(=O)NC[C@H](c5ccccc5)OC(=O)[C@H]4[C@@H]2C(=O)N([C@@H](CC)CO)[C@H]3C1=O. The number of hydrogen-bond acceptors (Lipinski definition) is 7. The number of ether oxygens (including phenoxy) is 2. The number of carbonyl (C=O) groups excluding carboxylic acids is 4. The number of fused-ring (bicyclic) bond motifs is 2. The Labute approximate surface area is 246 Å². The summed E-state index contributed by atoms with van der Waals surface area (Å²) < 4.78 is 12.8. The fourth-order valence-electron chi connectivity index (χ4n) is 6.75. The second-order valence-electron chi connectivity index (χ2n) is 11.5. The molecule has 7 atom stereocenters. The summed E-state index contributed by atoms with van der Waals surface area (Å²) in [5, 5.41) is 13.1. The van der Waals surface area contributed by atoms with Crippen LogP contribution in [0.15, 0.2) is 54.6 Å². The van der Waals surface area contributed by atoms with Crippen molar-refractivity contribution in [2.24, 2.45) is 11.8 Å². The maximum atomic E-state index is 14.4. The summed E-state index contributed by atoms with van der Waals surface area (Å²) in [5.74, 6) is -3.49. The second kappa shape index (κ2) is 12.8. The summed E-state index contributed by atoms with van der Waals surface area (Å²) in [6.07, 6.45) is 8.35. The molecule has 0 bridgehead atoms. The molecule has 1 spiro atoms. The van der Waals surface area contributed by atoms with E-state index in [0.29, 0.717) is 31.5 Å². The van der Waals surface area contributed by atoms with Crippen LogP contribution in [0.4, 0.5) is 0 Å². The van der Waals surface area contributed by atoms with E-state index >= 15 is 0 Å². The summed E-state index contributed by atoms with van der Waals surface area (Å²) in [5.41, 5.74) is -0.698. The van der Waals surface area contributed by atoms with E-state index in [2.05, 4.69) is 12.2 Å². The molecule has 0 radical (unpaired) electrons. The first-order valence-electron chi connectivity index (χ1n) is 15.1. The smallest absolute Gasteiger partial charge is 0.313 e. The highest BCUT2D eigenvalue weighted by Crippen LogP contribution is 2.54. The van der Waals surface area contributed by atoms with Crippen molar-refractivity contribution < 1.29 is 33.8 Å². The highest BCUT2D eigenvalue weighted by Gasteiger charge is 2.72. The van der Waals surface area contributed by atoms with Crippen LogP contribution < -0.4 is 5.32 Å². The molecule has 1 aromatic carbocycles. The summed E-state index contributed by atoms with van der Waals surface area (Å²) >= 11 is 0. The van der Waals surface area contributed by atoms with Crippen LogP contribution in [0, 0.1) is 11.8 Å². The lowest BCUT2D eigenvalue weighted by Gasteiger charge is -2.38. The quantitative estimate of drug-likeness (QED) is 0.375. The number of carbonyl (C=O) groups is 4. The molecule has 226 valence electrons. The zero-order chi connectivity index (χ0) is 29.9. The van der Waals surface area contributed by atoms with E-state index < -0.39 is 53.6 Å². The summed E-state index contributed by atoms with van der Waals surface area (Å²) in [6, 6.07) is 7.52. The molecular formula is C32H41N3O7. The van der Waals surface area contributed by atoms with Gasteiger partial charge in [-0.3, -0.25) is 19.2 Å². The first kappa shape index (κ1) is 30.0. The number of esters is 1. The number of nitrogens with zero attached hydrogens (tertiary/aromatic N) is 2. The molecule has 0 aliphatic carbocycles. The van der Waals surface area contributed by atoms with Crippen LogP contribution in [-0.4, -0.2) is 88.6 Å². The molecule has 3 amide bonds. The molecule has 10 nitrogen and oxygen atoms in total. The zero-order valence-corrected chi connectivity index (χ0v) is 24.3. The lowest BCUT2D eigenvalue weighted by atomic mass is 9.78. The van der Waals surface area contributed by atoms with Crippen molar-refractivity contribution in [3.05, 3.63) is 60.2 Å². The Balaban J connectivity index is 1.59. The van der Waals surface area contributed by atoms with Gasteiger partial charge in [-0.25, -0.2) is 0 Å². The average Bonchev–Trinajstić information content (AvgIpc) is 3.38. The lowest BCUT2D eigenvalue weighted by Crippen LogP contribution is -2.58. The number of rotatable bonds is 7. The van der Waals surface area contributed by atoms with Crippen molar-refractivity contribution in [2.75, 3.05) is 26.2 Å². The molecular weight excluding hydrogens is 538 g/mol. The molecule has 0 saturated carbocycles. The number of amides is 3. The highest BCUT2D eigenvalue weighted by atomic mass is 16.6. The number of aliphatic hydroxyl groups excluding tert-OH is 1. The van der Waals surface area contributed by atoms with Gasteiger partial charge in [-0.2, -0.15) is 0 Å². The van der Waals surface area contributed by atoms with Crippen LogP contribution in [-0.2, 0) is 28.7 Å². The molecule has 0 aromatic heterocycles. The third-order valence-corrected chi connectivity index (χ3v) is 8.92. The number of nitrogens with one attached hydrogen (secondary N) is 1. The summed E-state index contributed by atoms with van der Waals surface area (Å²) in [4.78, 5) is 58.4. The molecule has 0 unspecified atom stereocenters. The van der Waals surface area contributed by atoms with Gasteiger partial charge in [0.2, 0.25) is 17.7 Å². The van der Waals surface area contributed by atoms with E-state index in [1.807, 2.05) is 43.3 Å². The molecule has 1 aromatic rings. The molecule has 2 saturated heterocycles. The first-order valence-corrected chi connectivity index (χ1v) is 15.1. The van der Waals surface area contributed by atoms with Crippen LogP contribution in [0.2, 0.25) is 0 Å². The van der Waals surface area contributed by atoms with Crippen molar-refractivity contribution in [1.82, 2.24) is 15.1 Å². The number of allylic oxidation sites excluding steroid dienone is 1. The van der Waals surface area contributed by atoms with Gasteiger partial charge in [-0.15, -0.1) is 0 Å². The van der Waals surface area contributed by atoms with Gasteiger partial charge >= 0.3 is 5.97 Å². The minimum Gasteiger partial charge on any atom is -0.455 e. The minimum atomic E-state index is -1.41. The van der Waals surface area contributed by atoms with Gasteiger partial charge in [0, 0.05) is 19.5 Å². The van der Waals surface area contributed by atoms with E-state index in [1.54, 1.807) is 23.1 Å². The highest BCUT2D eigenvalue weighted by molar-refractivity contribution is 5.99. The molecule has 42 heavy (non-hydrogen) atoms. The van der Waals surface area contributed by atoms with E-state index in [9.17, 15) is 24.3 Å². The van der Waals surface area contributed by atoms with Crippen LogP contribution in [0.3, 0.4) is 0 Å². The summed E-state index contributed by atoms with van der Waals surface area (Å²) in [7, 11) is 0. The Morgan fingerprint density at radius 3 is 2.60 bits per heavy atom. The predicted molar refractivity (Wildman–Crippen MR) is 154 cm³/mol. The van der Waals surface area contributed by atoms with E-state index in [4.69, 9.17) is 9.47 Å². The van der Waals surface area contributed by atoms with Gasteiger partial charge in [0.25, 0.3) is 0 Å². The first-order chi connectivity index (χ1) is 20.4. The number of cyclic esters (lactones) is 1. The van der Waals surface area contributed by atoms with Crippen molar-refractivity contribution >= 4 is 23.7 Å². The van der Waals surface area contributed by atoms with Gasteiger partial charge in [0.1, 0.15) is 23.7 Å². The summed E-state index contributed by atoms with van der Waals surface area (Å²) in [6.45, 7) is 4.57. The average molecular weight is 580 g/mol. The third kappa shape index (κ3) is 5.38. The molecule has 10 heteroatoms. The van der Waals surface area contributed by atoms with Crippen LogP contribution in [0.25, 0.3) is 0 Å². The number of unbranched alkanes of at least 4 members (excludes halogenated alkanes) is 1. The van der Waals surface area contributed by atoms with E-state index in [-0.39, 0.29) is 31.4 Å². The van der Waals surface area contributed by atoms with Crippen molar-refractivity contribution in [1.29, 1.82) is 0 Å². The van der Waals surface area contributed by atoms with Crippen molar-refractivity contribution in [3.8, 4) is 0 Å². The molecule has 4 heterocycles. The van der Waals surface area contributed by atoms with Crippen LogP contribution in [0.5, 0.6) is 0 Å². The fraction of sp³-hybridized carbons (Fsp3) is 0.562. The number of benzene rings is 1. The Kier molecular flexibility index (Phi) is 9.13. The lowest BCUT2D eigenvalue weighted by molar-refractivity contribution is -0.160.